The first-order valence-electron chi connectivity index (χ1n) is 8.02. The summed E-state index contributed by atoms with van der Waals surface area (Å²) in [6.07, 6.45) is 0. The van der Waals surface area contributed by atoms with E-state index in [2.05, 4.69) is 11.1 Å². The van der Waals surface area contributed by atoms with E-state index in [0.29, 0.717) is 24.7 Å². The molecule has 0 radical (unpaired) electrons. The van der Waals surface area contributed by atoms with Gasteiger partial charge >= 0.3 is 0 Å². The third-order valence-corrected chi connectivity index (χ3v) is 5.18. The molecule has 0 saturated carbocycles. The maximum atomic E-state index is 12.4. The molecule has 1 heterocycles. The predicted octanol–water partition coefficient (Wildman–Crippen LogP) is 4.04. The highest BCUT2D eigenvalue weighted by Crippen LogP contribution is 2.22. The first kappa shape index (κ1) is 17.9. The first-order chi connectivity index (χ1) is 12.0. The van der Waals surface area contributed by atoms with E-state index in [1.54, 1.807) is 16.2 Å². The van der Waals surface area contributed by atoms with Crippen LogP contribution in [0.25, 0.3) is 10.2 Å². The molecule has 6 heteroatoms. The molecule has 2 aromatic carbocycles. The Morgan fingerprint density at radius 1 is 1.08 bits per heavy atom. The minimum atomic E-state index is 0.0820. The fraction of sp³-hybridized carbons (Fsp3) is 0.263. The summed E-state index contributed by atoms with van der Waals surface area (Å²) in [7, 11) is 3.77. The molecule has 3 aromatic rings. The average molecular weight is 374 g/mol. The van der Waals surface area contributed by atoms with E-state index in [-0.39, 0.29) is 5.91 Å². The second-order valence-corrected chi connectivity index (χ2v) is 7.68. The van der Waals surface area contributed by atoms with Crippen molar-refractivity contribution in [1.29, 1.82) is 0 Å². The van der Waals surface area contributed by atoms with Gasteiger partial charge in [0.2, 0.25) is 5.91 Å². The molecule has 0 N–H and O–H groups in total. The molecule has 0 aliphatic carbocycles. The molecule has 3 rings (SSSR count). The molecule has 0 aliphatic heterocycles. The number of halogens is 1. The van der Waals surface area contributed by atoms with Crippen molar-refractivity contribution in [3.8, 4) is 0 Å². The Labute approximate surface area is 156 Å². The monoisotopic (exact) mass is 373 g/mol. The van der Waals surface area contributed by atoms with Gasteiger partial charge in [-0.1, -0.05) is 35.9 Å². The van der Waals surface area contributed by atoms with Crippen molar-refractivity contribution in [3.63, 3.8) is 0 Å². The standard InChI is InChI=1S/C19H20ClN3OS/c1-22(12-18-21-16-5-3-4-6-17(16)25-18)13-19(24)23(2)11-14-7-9-15(20)10-8-14/h3-10H,11-13H2,1-2H3. The molecule has 0 fully saturated rings. The number of para-hydroxylation sites is 1. The van der Waals surface area contributed by atoms with E-state index in [1.807, 2.05) is 61.5 Å². The normalized spacial score (nSPS) is 11.2. The van der Waals surface area contributed by atoms with Gasteiger partial charge in [-0.3, -0.25) is 9.69 Å². The molecule has 4 nitrogen and oxygen atoms in total. The minimum Gasteiger partial charge on any atom is -0.340 e. The molecular weight excluding hydrogens is 354 g/mol. The van der Waals surface area contributed by atoms with Crippen LogP contribution < -0.4 is 0 Å². The molecule has 0 unspecified atom stereocenters. The van der Waals surface area contributed by atoms with Gasteiger partial charge in [0.1, 0.15) is 5.01 Å². The Morgan fingerprint density at radius 3 is 2.52 bits per heavy atom. The number of nitrogens with zero attached hydrogens (tertiary/aromatic N) is 3. The lowest BCUT2D eigenvalue weighted by Crippen LogP contribution is -2.36. The largest absolute Gasteiger partial charge is 0.340 e. The van der Waals surface area contributed by atoms with Crippen molar-refractivity contribution in [1.82, 2.24) is 14.8 Å². The van der Waals surface area contributed by atoms with Crippen LogP contribution >= 0.6 is 22.9 Å². The van der Waals surface area contributed by atoms with Crippen LogP contribution in [0.3, 0.4) is 0 Å². The zero-order valence-electron chi connectivity index (χ0n) is 14.3. The van der Waals surface area contributed by atoms with Crippen molar-refractivity contribution in [2.45, 2.75) is 13.1 Å². The van der Waals surface area contributed by atoms with E-state index in [4.69, 9.17) is 11.6 Å². The highest BCUT2D eigenvalue weighted by Gasteiger charge is 2.14. The average Bonchev–Trinajstić information content (AvgIpc) is 2.98. The Hall–Kier alpha value is -1.95. The molecule has 1 aromatic heterocycles. The molecule has 0 bridgehead atoms. The quantitative estimate of drug-likeness (QED) is 0.654. The smallest absolute Gasteiger partial charge is 0.236 e. The third-order valence-electron chi connectivity index (χ3n) is 3.91. The Bertz CT molecular complexity index is 829. The van der Waals surface area contributed by atoms with Crippen LogP contribution in [0.2, 0.25) is 5.02 Å². The predicted molar refractivity (Wildman–Crippen MR) is 104 cm³/mol. The fourth-order valence-corrected chi connectivity index (χ4v) is 3.75. The van der Waals surface area contributed by atoms with Crippen LogP contribution in [0.4, 0.5) is 0 Å². The number of rotatable bonds is 6. The van der Waals surface area contributed by atoms with Crippen LogP contribution in [-0.2, 0) is 17.9 Å². The zero-order valence-corrected chi connectivity index (χ0v) is 15.8. The second-order valence-electron chi connectivity index (χ2n) is 6.12. The van der Waals surface area contributed by atoms with Crippen molar-refractivity contribution in [2.75, 3.05) is 20.6 Å². The number of thiazole rings is 1. The van der Waals surface area contributed by atoms with Crippen LogP contribution in [0, 0.1) is 0 Å². The molecule has 0 spiro atoms. The van der Waals surface area contributed by atoms with E-state index in [9.17, 15) is 4.79 Å². The van der Waals surface area contributed by atoms with Gasteiger partial charge in [0.25, 0.3) is 0 Å². The van der Waals surface area contributed by atoms with Gasteiger partial charge < -0.3 is 4.90 Å². The van der Waals surface area contributed by atoms with Gasteiger partial charge in [-0.2, -0.15) is 0 Å². The lowest BCUT2D eigenvalue weighted by molar-refractivity contribution is -0.131. The molecule has 130 valence electrons. The van der Waals surface area contributed by atoms with Crippen molar-refractivity contribution in [2.24, 2.45) is 0 Å². The van der Waals surface area contributed by atoms with Crippen molar-refractivity contribution < 1.29 is 4.79 Å². The lowest BCUT2D eigenvalue weighted by Gasteiger charge is -2.21. The highest BCUT2D eigenvalue weighted by molar-refractivity contribution is 7.18. The summed E-state index contributed by atoms with van der Waals surface area (Å²) in [6.45, 7) is 1.60. The summed E-state index contributed by atoms with van der Waals surface area (Å²) in [5.74, 6) is 0.0820. The van der Waals surface area contributed by atoms with E-state index in [0.717, 1.165) is 16.1 Å². The highest BCUT2D eigenvalue weighted by atomic mass is 35.5. The van der Waals surface area contributed by atoms with Gasteiger partial charge in [-0.15, -0.1) is 11.3 Å². The summed E-state index contributed by atoms with van der Waals surface area (Å²) >= 11 is 7.57. The Balaban J connectivity index is 1.55. The number of carbonyl (C=O) groups is 1. The SMILES string of the molecule is CN(CC(=O)N(C)Cc1ccc(Cl)cc1)Cc1nc2ccccc2s1. The van der Waals surface area contributed by atoms with Crippen LogP contribution in [0.15, 0.2) is 48.5 Å². The molecule has 0 aliphatic rings. The Kier molecular flexibility index (Phi) is 5.68. The van der Waals surface area contributed by atoms with Gasteiger partial charge in [-0.05, 0) is 36.9 Å². The molecule has 0 atom stereocenters. The van der Waals surface area contributed by atoms with Gasteiger partial charge in [0.15, 0.2) is 0 Å². The number of likely N-dealkylation sites (N-methyl/N-ethyl adjacent to an activating group) is 2. The number of aromatic nitrogens is 1. The second kappa shape index (κ2) is 7.95. The topological polar surface area (TPSA) is 36.4 Å². The maximum Gasteiger partial charge on any atom is 0.236 e. The number of carbonyl (C=O) groups excluding carboxylic acids is 1. The molecule has 0 saturated heterocycles. The number of hydrogen-bond acceptors (Lipinski definition) is 4. The van der Waals surface area contributed by atoms with E-state index < -0.39 is 0 Å². The zero-order chi connectivity index (χ0) is 17.8. The van der Waals surface area contributed by atoms with Gasteiger partial charge in [-0.25, -0.2) is 4.98 Å². The van der Waals surface area contributed by atoms with Crippen LogP contribution in [-0.4, -0.2) is 41.3 Å². The number of fused-ring (bicyclic) bond motifs is 1. The van der Waals surface area contributed by atoms with E-state index >= 15 is 0 Å². The fourth-order valence-electron chi connectivity index (χ4n) is 2.58. The molecular formula is C19H20ClN3OS. The van der Waals surface area contributed by atoms with Crippen molar-refractivity contribution in [3.05, 3.63) is 64.1 Å². The summed E-state index contributed by atoms with van der Waals surface area (Å²) in [4.78, 5) is 20.8. The number of hydrogen-bond donors (Lipinski definition) is 0. The third kappa shape index (κ3) is 4.78. The van der Waals surface area contributed by atoms with E-state index in [1.165, 1.54) is 4.70 Å². The summed E-state index contributed by atoms with van der Waals surface area (Å²) in [5.41, 5.74) is 2.08. The summed E-state index contributed by atoms with van der Waals surface area (Å²) < 4.78 is 1.18. The lowest BCUT2D eigenvalue weighted by atomic mass is 10.2. The maximum absolute atomic E-state index is 12.4. The number of amides is 1. The van der Waals surface area contributed by atoms with Gasteiger partial charge in [0.05, 0.1) is 23.3 Å². The number of benzene rings is 2. The molecule has 25 heavy (non-hydrogen) atoms. The summed E-state index contributed by atoms with van der Waals surface area (Å²) in [6, 6.07) is 15.7. The van der Waals surface area contributed by atoms with Crippen LogP contribution in [0.1, 0.15) is 10.6 Å². The van der Waals surface area contributed by atoms with Crippen molar-refractivity contribution >= 4 is 39.1 Å². The first-order valence-corrected chi connectivity index (χ1v) is 9.22. The van der Waals surface area contributed by atoms with Gasteiger partial charge in [0, 0.05) is 18.6 Å². The molecule has 1 amide bonds. The Morgan fingerprint density at radius 2 is 1.80 bits per heavy atom. The van der Waals surface area contributed by atoms with Crippen LogP contribution in [0.5, 0.6) is 0 Å². The minimum absolute atomic E-state index is 0.0820. The summed E-state index contributed by atoms with van der Waals surface area (Å²) in [5, 5.41) is 1.73.